The van der Waals surface area contributed by atoms with Gasteiger partial charge in [-0.3, -0.25) is 4.90 Å². The third-order valence-corrected chi connectivity index (χ3v) is 5.08. The summed E-state index contributed by atoms with van der Waals surface area (Å²) in [5.74, 6) is 0.932. The van der Waals surface area contributed by atoms with Crippen LogP contribution >= 0.6 is 0 Å². The van der Waals surface area contributed by atoms with Crippen molar-refractivity contribution in [3.8, 4) is 0 Å². The quantitative estimate of drug-likeness (QED) is 0.809. The highest BCUT2D eigenvalue weighted by Gasteiger charge is 2.45. The van der Waals surface area contributed by atoms with Crippen molar-refractivity contribution < 1.29 is 4.74 Å². The summed E-state index contributed by atoms with van der Waals surface area (Å²) in [6.45, 7) is 6.16. The first-order valence-electron chi connectivity index (χ1n) is 7.23. The van der Waals surface area contributed by atoms with Crippen LogP contribution in [0.1, 0.15) is 39.0 Å². The fraction of sp³-hybridized carbons (Fsp3) is 1.00. The molecule has 1 aliphatic heterocycles. The number of nitrogens with one attached hydrogen (secondary N) is 1. The SMILES string of the molecule is COC1CC(N2CCCNC(C)(C3CC3)C2)C1. The summed E-state index contributed by atoms with van der Waals surface area (Å²) in [4.78, 5) is 2.73. The van der Waals surface area contributed by atoms with Gasteiger partial charge in [0.2, 0.25) is 0 Å². The van der Waals surface area contributed by atoms with Gasteiger partial charge in [0.15, 0.2) is 0 Å². The fourth-order valence-corrected chi connectivity index (χ4v) is 3.55. The Balaban J connectivity index is 1.60. The summed E-state index contributed by atoms with van der Waals surface area (Å²) in [6.07, 6.45) is 7.19. The number of hydrogen-bond donors (Lipinski definition) is 1. The molecule has 3 fully saturated rings. The molecule has 0 aromatic heterocycles. The molecule has 0 aromatic carbocycles. The second-order valence-electron chi connectivity index (χ2n) is 6.43. The second-order valence-corrected chi connectivity index (χ2v) is 6.43. The van der Waals surface area contributed by atoms with Gasteiger partial charge in [-0.15, -0.1) is 0 Å². The van der Waals surface area contributed by atoms with Crippen molar-refractivity contribution in [1.29, 1.82) is 0 Å². The van der Waals surface area contributed by atoms with E-state index in [1.807, 2.05) is 7.11 Å². The van der Waals surface area contributed by atoms with Gasteiger partial charge in [0.1, 0.15) is 0 Å². The lowest BCUT2D eigenvalue weighted by molar-refractivity contribution is -0.0319. The van der Waals surface area contributed by atoms with Gasteiger partial charge in [-0.2, -0.15) is 0 Å². The van der Waals surface area contributed by atoms with Crippen molar-refractivity contribution in [2.45, 2.75) is 56.7 Å². The maximum Gasteiger partial charge on any atom is 0.0601 e. The molecule has 2 saturated carbocycles. The standard InChI is InChI=1S/C14H26N2O/c1-14(11-4-5-11)10-16(7-3-6-15-14)12-8-13(9-12)17-2/h11-13,15H,3-10H2,1-2H3. The Morgan fingerprint density at radius 3 is 2.71 bits per heavy atom. The topological polar surface area (TPSA) is 24.5 Å². The van der Waals surface area contributed by atoms with Crippen LogP contribution in [-0.4, -0.2) is 49.3 Å². The van der Waals surface area contributed by atoms with Gasteiger partial charge < -0.3 is 10.1 Å². The number of ether oxygens (including phenoxy) is 1. The van der Waals surface area contributed by atoms with Crippen molar-refractivity contribution in [3.63, 3.8) is 0 Å². The minimum atomic E-state index is 0.384. The maximum absolute atomic E-state index is 5.41. The molecule has 1 saturated heterocycles. The second kappa shape index (κ2) is 4.52. The van der Waals surface area contributed by atoms with Gasteiger partial charge in [0, 0.05) is 25.2 Å². The van der Waals surface area contributed by atoms with Crippen LogP contribution in [0.15, 0.2) is 0 Å². The van der Waals surface area contributed by atoms with Gasteiger partial charge in [0.25, 0.3) is 0 Å². The summed E-state index contributed by atoms with van der Waals surface area (Å²) >= 11 is 0. The average Bonchev–Trinajstić information content (AvgIpc) is 3.03. The molecule has 1 N–H and O–H groups in total. The molecular weight excluding hydrogens is 212 g/mol. The van der Waals surface area contributed by atoms with E-state index in [0.717, 1.165) is 12.0 Å². The smallest absolute Gasteiger partial charge is 0.0601 e. The Labute approximate surface area is 105 Å². The van der Waals surface area contributed by atoms with Crippen LogP contribution in [-0.2, 0) is 4.74 Å². The molecule has 0 bridgehead atoms. The van der Waals surface area contributed by atoms with Crippen LogP contribution in [0.4, 0.5) is 0 Å². The van der Waals surface area contributed by atoms with Gasteiger partial charge in [-0.25, -0.2) is 0 Å². The van der Waals surface area contributed by atoms with Crippen LogP contribution < -0.4 is 5.32 Å². The first-order chi connectivity index (χ1) is 8.21. The third kappa shape index (κ3) is 2.38. The van der Waals surface area contributed by atoms with Crippen molar-refractivity contribution in [2.24, 2.45) is 5.92 Å². The Morgan fingerprint density at radius 2 is 2.06 bits per heavy atom. The van der Waals surface area contributed by atoms with Crippen LogP contribution in [0, 0.1) is 5.92 Å². The number of nitrogens with zero attached hydrogens (tertiary/aromatic N) is 1. The molecule has 1 unspecified atom stereocenters. The maximum atomic E-state index is 5.41. The molecule has 0 aromatic rings. The first kappa shape index (κ1) is 11.9. The van der Waals surface area contributed by atoms with E-state index in [4.69, 9.17) is 4.74 Å². The first-order valence-corrected chi connectivity index (χ1v) is 7.23. The lowest BCUT2D eigenvalue weighted by Gasteiger charge is -2.44. The van der Waals surface area contributed by atoms with Gasteiger partial charge in [-0.1, -0.05) is 0 Å². The summed E-state index contributed by atoms with van der Waals surface area (Å²) in [5, 5.41) is 3.81. The van der Waals surface area contributed by atoms with Gasteiger partial charge >= 0.3 is 0 Å². The van der Waals surface area contributed by atoms with Crippen LogP contribution in [0.25, 0.3) is 0 Å². The highest BCUT2D eigenvalue weighted by atomic mass is 16.5. The van der Waals surface area contributed by atoms with E-state index in [1.165, 1.54) is 51.7 Å². The zero-order valence-corrected chi connectivity index (χ0v) is 11.2. The highest BCUT2D eigenvalue weighted by Crippen LogP contribution is 2.41. The predicted molar refractivity (Wildman–Crippen MR) is 69.1 cm³/mol. The molecule has 2 aliphatic carbocycles. The molecule has 0 amide bonds. The Morgan fingerprint density at radius 1 is 1.29 bits per heavy atom. The van der Waals surface area contributed by atoms with Crippen molar-refractivity contribution in [2.75, 3.05) is 26.7 Å². The normalized spacial score (nSPS) is 44.1. The minimum absolute atomic E-state index is 0.384. The molecule has 3 rings (SSSR count). The molecular formula is C14H26N2O. The summed E-state index contributed by atoms with van der Waals surface area (Å²) in [6, 6.07) is 0.790. The van der Waals surface area contributed by atoms with Crippen molar-refractivity contribution in [1.82, 2.24) is 10.2 Å². The Hall–Kier alpha value is -0.120. The summed E-state index contributed by atoms with van der Waals surface area (Å²) < 4.78 is 5.41. The molecule has 98 valence electrons. The van der Waals surface area contributed by atoms with Crippen LogP contribution in [0.5, 0.6) is 0 Å². The third-order valence-electron chi connectivity index (χ3n) is 5.08. The number of rotatable bonds is 3. The Kier molecular flexibility index (Phi) is 3.18. The fourth-order valence-electron chi connectivity index (χ4n) is 3.55. The van der Waals surface area contributed by atoms with E-state index < -0.39 is 0 Å². The van der Waals surface area contributed by atoms with Crippen molar-refractivity contribution >= 4 is 0 Å². The zero-order valence-electron chi connectivity index (χ0n) is 11.2. The highest BCUT2D eigenvalue weighted by molar-refractivity contribution is 5.03. The lowest BCUT2D eigenvalue weighted by atomic mass is 9.86. The molecule has 1 heterocycles. The molecule has 3 nitrogen and oxygen atoms in total. The molecule has 17 heavy (non-hydrogen) atoms. The molecule has 1 atom stereocenters. The zero-order chi connectivity index (χ0) is 11.9. The van der Waals surface area contributed by atoms with E-state index >= 15 is 0 Å². The van der Waals surface area contributed by atoms with Crippen LogP contribution in [0.3, 0.4) is 0 Å². The molecule has 3 heteroatoms. The Bertz CT molecular complexity index is 273. The van der Waals surface area contributed by atoms with E-state index in [0.29, 0.717) is 11.6 Å². The molecule has 0 radical (unpaired) electrons. The summed E-state index contributed by atoms with van der Waals surface area (Å²) in [5.41, 5.74) is 0.384. The van der Waals surface area contributed by atoms with E-state index in [2.05, 4.69) is 17.1 Å². The predicted octanol–water partition coefficient (Wildman–Crippen LogP) is 1.63. The minimum Gasteiger partial charge on any atom is -0.381 e. The number of hydrogen-bond acceptors (Lipinski definition) is 3. The van der Waals surface area contributed by atoms with Gasteiger partial charge in [-0.05, 0) is 58.0 Å². The molecule has 0 spiro atoms. The molecule has 3 aliphatic rings. The van der Waals surface area contributed by atoms with Crippen LogP contribution in [0.2, 0.25) is 0 Å². The van der Waals surface area contributed by atoms with E-state index in [-0.39, 0.29) is 0 Å². The summed E-state index contributed by atoms with van der Waals surface area (Å²) in [7, 11) is 1.85. The van der Waals surface area contributed by atoms with E-state index in [9.17, 15) is 0 Å². The monoisotopic (exact) mass is 238 g/mol. The largest absolute Gasteiger partial charge is 0.381 e. The van der Waals surface area contributed by atoms with Gasteiger partial charge in [0.05, 0.1) is 6.10 Å². The average molecular weight is 238 g/mol. The van der Waals surface area contributed by atoms with Crippen molar-refractivity contribution in [3.05, 3.63) is 0 Å². The lowest BCUT2D eigenvalue weighted by Crippen LogP contribution is -2.56. The van der Waals surface area contributed by atoms with E-state index in [1.54, 1.807) is 0 Å². The number of methoxy groups -OCH3 is 1.